The Bertz CT molecular complexity index is 1060. The van der Waals surface area contributed by atoms with Crippen LogP contribution in [-0.2, 0) is 20.8 Å². The quantitative estimate of drug-likeness (QED) is 0.474. The van der Waals surface area contributed by atoms with Crippen molar-refractivity contribution in [2.75, 3.05) is 44.4 Å². The zero-order valence-electron chi connectivity index (χ0n) is 18.3. The maximum absolute atomic E-state index is 13.2. The van der Waals surface area contributed by atoms with Gasteiger partial charge in [0.2, 0.25) is 0 Å². The summed E-state index contributed by atoms with van der Waals surface area (Å²) >= 11 is 6.75. The fraction of sp³-hybridized carbons (Fsp3) is 0.545. The second-order valence-electron chi connectivity index (χ2n) is 7.93. The number of pyridine rings is 1. The number of carbonyl (C=O) groups excluding carboxylic acids is 1. The summed E-state index contributed by atoms with van der Waals surface area (Å²) in [5.41, 5.74) is 1.08. The van der Waals surface area contributed by atoms with Crippen molar-refractivity contribution in [1.29, 1.82) is 5.26 Å². The molecule has 1 amide bonds. The second kappa shape index (κ2) is 9.75. The van der Waals surface area contributed by atoms with Crippen molar-refractivity contribution in [3.05, 3.63) is 31.9 Å². The van der Waals surface area contributed by atoms with Crippen molar-refractivity contribution < 1.29 is 14.3 Å². The van der Waals surface area contributed by atoms with Crippen LogP contribution >= 0.6 is 24.0 Å². The fourth-order valence-electron chi connectivity index (χ4n) is 4.33. The van der Waals surface area contributed by atoms with Crippen molar-refractivity contribution >= 4 is 46.1 Å². The third kappa shape index (κ3) is 4.22. The molecule has 3 aliphatic heterocycles. The van der Waals surface area contributed by atoms with Gasteiger partial charge in [-0.3, -0.25) is 19.1 Å². The molecule has 10 heteroatoms. The maximum atomic E-state index is 13.2. The summed E-state index contributed by atoms with van der Waals surface area (Å²) in [5.74, 6) is 0.567. The van der Waals surface area contributed by atoms with E-state index in [1.54, 1.807) is 22.5 Å². The molecule has 1 atom stereocenters. The van der Waals surface area contributed by atoms with Crippen molar-refractivity contribution in [3.63, 3.8) is 0 Å². The molecule has 0 aliphatic carbocycles. The van der Waals surface area contributed by atoms with Crippen LogP contribution in [0.3, 0.4) is 0 Å². The highest BCUT2D eigenvalue weighted by Gasteiger charge is 2.35. The molecule has 0 aromatic carbocycles. The maximum Gasteiger partial charge on any atom is 0.270 e. The topological polar surface area (TPSA) is 87.8 Å². The van der Waals surface area contributed by atoms with Crippen LogP contribution in [0.1, 0.15) is 36.5 Å². The summed E-state index contributed by atoms with van der Waals surface area (Å²) in [5, 5.41) is 9.67. The van der Waals surface area contributed by atoms with Gasteiger partial charge in [-0.15, -0.1) is 0 Å². The second-order valence-corrected chi connectivity index (χ2v) is 9.60. The Morgan fingerprint density at radius 2 is 2.03 bits per heavy atom. The van der Waals surface area contributed by atoms with Crippen molar-refractivity contribution in [1.82, 2.24) is 9.47 Å². The molecule has 3 saturated heterocycles. The number of hydrogen-bond acceptors (Lipinski definition) is 8. The summed E-state index contributed by atoms with van der Waals surface area (Å²) in [6.07, 6.45) is 3.71. The number of anilines is 1. The van der Waals surface area contributed by atoms with Gasteiger partial charge in [0.1, 0.15) is 21.8 Å². The molecule has 0 radical (unpaired) electrons. The van der Waals surface area contributed by atoms with Gasteiger partial charge in [-0.05, 0) is 38.3 Å². The largest absolute Gasteiger partial charge is 0.378 e. The summed E-state index contributed by atoms with van der Waals surface area (Å²) in [7, 11) is 0. The van der Waals surface area contributed by atoms with Gasteiger partial charge in [0.15, 0.2) is 0 Å². The highest BCUT2D eigenvalue weighted by Crippen LogP contribution is 2.36. The van der Waals surface area contributed by atoms with Gasteiger partial charge in [0.05, 0.1) is 30.8 Å². The highest BCUT2D eigenvalue weighted by molar-refractivity contribution is 8.26. The van der Waals surface area contributed by atoms with Crippen LogP contribution in [0.15, 0.2) is 9.70 Å². The first-order chi connectivity index (χ1) is 15.5. The lowest BCUT2D eigenvalue weighted by atomic mass is 10.0. The van der Waals surface area contributed by atoms with Crippen LogP contribution in [0.25, 0.3) is 6.08 Å². The zero-order valence-corrected chi connectivity index (χ0v) is 19.9. The lowest BCUT2D eigenvalue weighted by Crippen LogP contribution is -2.41. The Balaban J connectivity index is 1.79. The molecule has 0 saturated carbocycles. The van der Waals surface area contributed by atoms with Crippen LogP contribution in [0.5, 0.6) is 0 Å². The first kappa shape index (κ1) is 23.0. The number of thioether (sulfide) groups is 1. The summed E-state index contributed by atoms with van der Waals surface area (Å²) in [4.78, 5) is 30.4. The van der Waals surface area contributed by atoms with E-state index >= 15 is 0 Å². The molecule has 1 aromatic rings. The Kier molecular flexibility index (Phi) is 7.00. The Morgan fingerprint density at radius 3 is 2.66 bits per heavy atom. The van der Waals surface area contributed by atoms with Gasteiger partial charge in [-0.1, -0.05) is 24.0 Å². The van der Waals surface area contributed by atoms with Gasteiger partial charge in [-0.25, -0.2) is 0 Å². The van der Waals surface area contributed by atoms with Gasteiger partial charge in [-0.2, -0.15) is 5.26 Å². The first-order valence-corrected chi connectivity index (χ1v) is 12.1. The van der Waals surface area contributed by atoms with Crippen LogP contribution < -0.4 is 10.5 Å². The fourth-order valence-corrected chi connectivity index (χ4v) is 5.59. The zero-order chi connectivity index (χ0) is 22.8. The number of hydrogen-bond donors (Lipinski definition) is 0. The molecule has 8 nitrogen and oxygen atoms in total. The third-order valence-electron chi connectivity index (χ3n) is 6.03. The van der Waals surface area contributed by atoms with E-state index in [0.29, 0.717) is 66.4 Å². The molecule has 1 unspecified atom stereocenters. The molecule has 3 aliphatic rings. The Hall–Kier alpha value is -2.19. The molecule has 4 heterocycles. The molecule has 0 bridgehead atoms. The number of morpholine rings is 1. The number of carbonyl (C=O) groups is 1. The van der Waals surface area contributed by atoms with E-state index < -0.39 is 0 Å². The van der Waals surface area contributed by atoms with E-state index in [-0.39, 0.29) is 23.1 Å². The number of nitrogens with zero attached hydrogens (tertiary/aromatic N) is 4. The molecule has 170 valence electrons. The van der Waals surface area contributed by atoms with Crippen LogP contribution in [-0.4, -0.2) is 65.3 Å². The van der Waals surface area contributed by atoms with E-state index in [2.05, 4.69) is 11.0 Å². The molecule has 32 heavy (non-hydrogen) atoms. The average molecular weight is 475 g/mol. The third-order valence-corrected chi connectivity index (χ3v) is 7.41. The molecule has 1 aromatic heterocycles. The minimum Gasteiger partial charge on any atom is -0.378 e. The lowest BCUT2D eigenvalue weighted by molar-refractivity contribution is -0.123. The SMILES string of the molecule is CCn1c(N2CCOCC2)c(/C=C2\SC(=S)N(CC3CCCO3)C2=O)c(C)c(C#N)c1=O. The number of nitriles is 1. The van der Waals surface area contributed by atoms with E-state index in [4.69, 9.17) is 21.7 Å². The minimum atomic E-state index is -0.308. The van der Waals surface area contributed by atoms with E-state index in [9.17, 15) is 14.9 Å². The molecule has 4 rings (SSSR count). The van der Waals surface area contributed by atoms with Crippen molar-refractivity contribution in [3.8, 4) is 6.07 Å². The molecular weight excluding hydrogens is 448 g/mol. The summed E-state index contributed by atoms with van der Waals surface area (Å²) in [6.45, 7) is 7.61. The lowest BCUT2D eigenvalue weighted by Gasteiger charge is -2.33. The molecular formula is C22H26N4O4S2. The summed E-state index contributed by atoms with van der Waals surface area (Å²) in [6, 6.07) is 2.06. The highest BCUT2D eigenvalue weighted by atomic mass is 32.2. The van der Waals surface area contributed by atoms with Crippen LogP contribution in [0, 0.1) is 18.3 Å². The van der Waals surface area contributed by atoms with E-state index in [0.717, 1.165) is 18.7 Å². The number of rotatable bonds is 5. The van der Waals surface area contributed by atoms with Crippen LogP contribution in [0.2, 0.25) is 0 Å². The van der Waals surface area contributed by atoms with Gasteiger partial charge in [0, 0.05) is 31.8 Å². The first-order valence-electron chi connectivity index (χ1n) is 10.8. The summed E-state index contributed by atoms with van der Waals surface area (Å²) < 4.78 is 13.3. The van der Waals surface area contributed by atoms with Crippen molar-refractivity contribution in [2.24, 2.45) is 0 Å². The smallest absolute Gasteiger partial charge is 0.270 e. The predicted octanol–water partition coefficient (Wildman–Crippen LogP) is 2.27. The average Bonchev–Trinajstić information content (AvgIpc) is 3.40. The monoisotopic (exact) mass is 474 g/mol. The van der Waals surface area contributed by atoms with E-state index in [1.807, 2.05) is 6.92 Å². The standard InChI is InChI=1S/C22H26N4O4S2/c1-3-25-19(24-6-9-29-10-7-24)16(14(2)17(12-23)20(25)27)11-18-21(28)26(22(31)32-18)13-15-5-4-8-30-15/h11,15H,3-10,13H2,1-2H3/b18-11-. The number of amides is 1. The predicted molar refractivity (Wildman–Crippen MR) is 128 cm³/mol. The van der Waals surface area contributed by atoms with Gasteiger partial charge >= 0.3 is 0 Å². The Morgan fingerprint density at radius 1 is 1.28 bits per heavy atom. The van der Waals surface area contributed by atoms with Crippen LogP contribution in [0.4, 0.5) is 5.82 Å². The molecule has 0 N–H and O–H groups in total. The Labute approximate surface area is 196 Å². The normalized spacial score (nSPS) is 22.8. The molecule has 0 spiro atoms. The molecule has 3 fully saturated rings. The van der Waals surface area contributed by atoms with E-state index in [1.165, 1.54) is 11.8 Å². The minimum absolute atomic E-state index is 0.00897. The van der Waals surface area contributed by atoms with Crippen molar-refractivity contribution in [2.45, 2.75) is 39.3 Å². The number of thiocarbonyl (C=S) groups is 1. The number of aromatic nitrogens is 1. The number of ether oxygens (including phenoxy) is 2. The van der Waals surface area contributed by atoms with Gasteiger partial charge < -0.3 is 14.4 Å². The van der Waals surface area contributed by atoms with Gasteiger partial charge in [0.25, 0.3) is 11.5 Å².